The molecule has 0 aromatic carbocycles. The molecule has 0 saturated carbocycles. The number of amides is 1. The summed E-state index contributed by atoms with van der Waals surface area (Å²) in [5, 5.41) is 7.11. The third-order valence-electron chi connectivity index (χ3n) is 1.84. The van der Waals surface area contributed by atoms with E-state index in [-0.39, 0.29) is 5.76 Å². The Kier molecular flexibility index (Phi) is 3.22. The molecule has 0 bridgehead atoms. The van der Waals surface area contributed by atoms with E-state index in [1.54, 1.807) is 6.07 Å². The van der Waals surface area contributed by atoms with E-state index in [9.17, 15) is 4.79 Å². The molecule has 2 aromatic rings. The molecule has 4 N–H and O–H groups in total. The molecule has 0 spiro atoms. The fourth-order valence-electron chi connectivity index (χ4n) is 1.12. The zero-order chi connectivity index (χ0) is 11.4. The molecule has 0 aliphatic rings. The Morgan fingerprint density at radius 1 is 1.69 bits per heavy atom. The van der Waals surface area contributed by atoms with Gasteiger partial charge in [-0.25, -0.2) is 10.8 Å². The molecule has 16 heavy (non-hydrogen) atoms. The first-order chi connectivity index (χ1) is 7.81. The molecule has 2 rings (SSSR count). The average Bonchev–Trinajstić information content (AvgIpc) is 2.96. The van der Waals surface area contributed by atoms with E-state index >= 15 is 0 Å². The second kappa shape index (κ2) is 4.81. The highest BCUT2D eigenvalue weighted by atomic mass is 32.2. The molecule has 0 aliphatic heterocycles. The molecular weight excluding hydrogens is 230 g/mol. The van der Waals surface area contributed by atoms with Crippen LogP contribution in [0.4, 0.5) is 0 Å². The van der Waals surface area contributed by atoms with Gasteiger partial charge in [-0.15, -0.1) is 0 Å². The van der Waals surface area contributed by atoms with Crippen molar-refractivity contribution < 1.29 is 9.21 Å². The number of aromatic nitrogens is 3. The van der Waals surface area contributed by atoms with Crippen molar-refractivity contribution in [3.05, 3.63) is 30.0 Å². The standard InChI is InChI=1S/C8H9N5O2S/c9-12-7(14)6-5(1-2-15-6)3-16-8-10-4-11-13-8/h1-2,4H,3,9H2,(H,12,14)(H,10,11,13). The molecule has 1 amide bonds. The molecule has 2 heterocycles. The maximum Gasteiger partial charge on any atom is 0.301 e. The summed E-state index contributed by atoms with van der Waals surface area (Å²) in [5.41, 5.74) is 2.78. The molecule has 0 aliphatic carbocycles. The van der Waals surface area contributed by atoms with Gasteiger partial charge in [0.2, 0.25) is 0 Å². The Balaban J connectivity index is 2.04. The topological polar surface area (TPSA) is 110 Å². The summed E-state index contributed by atoms with van der Waals surface area (Å²) in [6.07, 6.45) is 2.87. The van der Waals surface area contributed by atoms with Crippen LogP contribution in [0.1, 0.15) is 16.1 Å². The van der Waals surface area contributed by atoms with Gasteiger partial charge in [-0.1, -0.05) is 11.8 Å². The molecule has 0 fully saturated rings. The summed E-state index contributed by atoms with van der Waals surface area (Å²) in [6.45, 7) is 0. The number of aromatic amines is 1. The van der Waals surface area contributed by atoms with Crippen LogP contribution in [-0.4, -0.2) is 21.1 Å². The Morgan fingerprint density at radius 2 is 2.56 bits per heavy atom. The minimum Gasteiger partial charge on any atom is -0.459 e. The van der Waals surface area contributed by atoms with E-state index in [4.69, 9.17) is 10.3 Å². The van der Waals surface area contributed by atoms with Gasteiger partial charge >= 0.3 is 5.91 Å². The van der Waals surface area contributed by atoms with Crippen LogP contribution < -0.4 is 11.3 Å². The van der Waals surface area contributed by atoms with E-state index in [0.29, 0.717) is 10.9 Å². The van der Waals surface area contributed by atoms with Gasteiger partial charge in [0.15, 0.2) is 10.9 Å². The fraction of sp³-hybridized carbons (Fsp3) is 0.125. The predicted molar refractivity (Wildman–Crippen MR) is 56.3 cm³/mol. The van der Waals surface area contributed by atoms with Crippen molar-refractivity contribution >= 4 is 17.7 Å². The molecule has 84 valence electrons. The second-order valence-corrected chi connectivity index (χ2v) is 3.79. The monoisotopic (exact) mass is 239 g/mol. The van der Waals surface area contributed by atoms with E-state index in [1.165, 1.54) is 24.4 Å². The fourth-order valence-corrected chi connectivity index (χ4v) is 1.88. The number of hydrogen-bond acceptors (Lipinski definition) is 6. The number of carbonyl (C=O) groups is 1. The van der Waals surface area contributed by atoms with Crippen LogP contribution in [0, 0.1) is 0 Å². The maximum absolute atomic E-state index is 11.3. The highest BCUT2D eigenvalue weighted by Crippen LogP contribution is 2.21. The summed E-state index contributed by atoms with van der Waals surface area (Å²) in [7, 11) is 0. The van der Waals surface area contributed by atoms with Gasteiger partial charge in [0.05, 0.1) is 6.26 Å². The van der Waals surface area contributed by atoms with Crippen molar-refractivity contribution in [1.29, 1.82) is 0 Å². The Morgan fingerprint density at radius 3 is 3.25 bits per heavy atom. The van der Waals surface area contributed by atoms with Gasteiger partial charge in [-0.3, -0.25) is 15.3 Å². The minimum atomic E-state index is -0.446. The van der Waals surface area contributed by atoms with Crippen LogP contribution in [-0.2, 0) is 5.75 Å². The van der Waals surface area contributed by atoms with Crippen LogP contribution in [0.3, 0.4) is 0 Å². The Hall–Kier alpha value is -1.80. The van der Waals surface area contributed by atoms with E-state index in [0.717, 1.165) is 5.56 Å². The predicted octanol–water partition coefficient (Wildman–Crippen LogP) is 0.293. The Bertz CT molecular complexity index is 466. The number of nitrogens with two attached hydrogens (primary N) is 1. The van der Waals surface area contributed by atoms with Crippen molar-refractivity contribution in [2.24, 2.45) is 5.84 Å². The summed E-state index contributed by atoms with van der Waals surface area (Å²) in [4.78, 5) is 15.2. The van der Waals surface area contributed by atoms with Crippen molar-refractivity contribution in [3.8, 4) is 0 Å². The molecule has 0 unspecified atom stereocenters. The van der Waals surface area contributed by atoms with Crippen molar-refractivity contribution in [2.45, 2.75) is 10.9 Å². The molecule has 0 atom stereocenters. The van der Waals surface area contributed by atoms with Gasteiger partial charge in [0.1, 0.15) is 6.33 Å². The zero-order valence-electron chi connectivity index (χ0n) is 8.14. The first-order valence-corrected chi connectivity index (χ1v) is 5.35. The summed E-state index contributed by atoms with van der Waals surface area (Å²) >= 11 is 1.42. The number of rotatable bonds is 4. The normalized spacial score (nSPS) is 10.3. The number of hydrazine groups is 1. The number of nitrogen functional groups attached to an aromatic ring is 1. The largest absolute Gasteiger partial charge is 0.459 e. The maximum atomic E-state index is 11.3. The average molecular weight is 239 g/mol. The number of carbonyl (C=O) groups excluding carboxylic acids is 1. The van der Waals surface area contributed by atoms with Gasteiger partial charge < -0.3 is 4.42 Å². The molecule has 0 radical (unpaired) electrons. The summed E-state index contributed by atoms with van der Waals surface area (Å²) < 4.78 is 5.04. The lowest BCUT2D eigenvalue weighted by molar-refractivity contribution is 0.0925. The molecule has 0 saturated heterocycles. The number of furan rings is 1. The van der Waals surface area contributed by atoms with Crippen molar-refractivity contribution in [2.75, 3.05) is 0 Å². The second-order valence-electron chi connectivity index (χ2n) is 2.83. The number of H-pyrrole nitrogens is 1. The lowest BCUT2D eigenvalue weighted by Gasteiger charge is -1.99. The quantitative estimate of drug-likeness (QED) is 0.306. The van der Waals surface area contributed by atoms with E-state index in [2.05, 4.69) is 15.2 Å². The van der Waals surface area contributed by atoms with Gasteiger partial charge in [-0.2, -0.15) is 5.10 Å². The number of hydrogen-bond donors (Lipinski definition) is 3. The van der Waals surface area contributed by atoms with Gasteiger partial charge in [0.25, 0.3) is 0 Å². The highest BCUT2D eigenvalue weighted by molar-refractivity contribution is 7.98. The van der Waals surface area contributed by atoms with E-state index < -0.39 is 5.91 Å². The lowest BCUT2D eigenvalue weighted by Crippen LogP contribution is -2.30. The summed E-state index contributed by atoms with van der Waals surface area (Å²) in [5.74, 6) is 5.35. The first-order valence-electron chi connectivity index (χ1n) is 4.36. The summed E-state index contributed by atoms with van der Waals surface area (Å²) in [6, 6.07) is 1.72. The first kappa shape index (κ1) is 10.7. The van der Waals surface area contributed by atoms with Gasteiger partial charge in [0, 0.05) is 11.3 Å². The van der Waals surface area contributed by atoms with Crippen LogP contribution in [0.5, 0.6) is 0 Å². The third kappa shape index (κ3) is 2.23. The molecule has 2 aromatic heterocycles. The third-order valence-corrected chi connectivity index (χ3v) is 2.77. The molecule has 7 nitrogen and oxygen atoms in total. The molecular formula is C8H9N5O2S. The van der Waals surface area contributed by atoms with E-state index in [1.807, 2.05) is 5.43 Å². The van der Waals surface area contributed by atoms with Crippen LogP contribution >= 0.6 is 11.8 Å². The SMILES string of the molecule is NNC(=O)c1occc1CSc1ncn[nH]1. The van der Waals surface area contributed by atoms with Crippen LogP contribution in [0.15, 0.2) is 28.2 Å². The number of thioether (sulfide) groups is 1. The smallest absolute Gasteiger partial charge is 0.301 e. The van der Waals surface area contributed by atoms with Crippen LogP contribution in [0.2, 0.25) is 0 Å². The number of nitrogens with zero attached hydrogens (tertiary/aromatic N) is 2. The minimum absolute atomic E-state index is 0.217. The zero-order valence-corrected chi connectivity index (χ0v) is 8.95. The lowest BCUT2D eigenvalue weighted by atomic mass is 10.3. The Labute approximate surface area is 94.8 Å². The molecule has 8 heteroatoms. The number of nitrogens with one attached hydrogen (secondary N) is 2. The van der Waals surface area contributed by atoms with Crippen molar-refractivity contribution in [1.82, 2.24) is 20.6 Å². The highest BCUT2D eigenvalue weighted by Gasteiger charge is 2.14. The van der Waals surface area contributed by atoms with Crippen molar-refractivity contribution in [3.63, 3.8) is 0 Å². The van der Waals surface area contributed by atoms with Crippen LogP contribution in [0.25, 0.3) is 0 Å². The van der Waals surface area contributed by atoms with Gasteiger partial charge in [-0.05, 0) is 6.07 Å².